The molecular weight excluding hydrogens is 280 g/mol. The lowest BCUT2D eigenvalue weighted by molar-refractivity contribution is -0.176. The van der Waals surface area contributed by atoms with Crippen LogP contribution >= 0.6 is 0 Å². The number of rotatable bonds is 2. The van der Waals surface area contributed by atoms with E-state index >= 15 is 0 Å². The van der Waals surface area contributed by atoms with Gasteiger partial charge in [-0.15, -0.1) is 0 Å². The first kappa shape index (κ1) is 16.9. The van der Waals surface area contributed by atoms with E-state index in [-0.39, 0.29) is 23.0 Å². The number of aliphatic hydroxyl groups excluding tert-OH is 1. The molecular formula is C18H26O4. The van der Waals surface area contributed by atoms with Crippen molar-refractivity contribution < 1.29 is 19.5 Å². The molecule has 1 fully saturated rings. The van der Waals surface area contributed by atoms with Crippen molar-refractivity contribution in [3.63, 3.8) is 0 Å². The minimum atomic E-state index is -1.68. The lowest BCUT2D eigenvalue weighted by atomic mass is 9.41. The number of aliphatic hydroxyl groups is 1. The topological polar surface area (TPSA) is 71.4 Å². The van der Waals surface area contributed by atoms with Crippen LogP contribution in [-0.4, -0.2) is 22.5 Å². The van der Waals surface area contributed by atoms with Crippen LogP contribution in [0.4, 0.5) is 0 Å². The molecule has 1 saturated carbocycles. The summed E-state index contributed by atoms with van der Waals surface area (Å²) in [6.07, 6.45) is 0.447. The third kappa shape index (κ3) is 1.56. The number of carbonyl (C=O) groups excluding carboxylic acids is 3. The fraction of sp³-hybridized carbons (Fsp3) is 0.722. The first-order valence-electron chi connectivity index (χ1n) is 7.91. The Labute approximate surface area is 132 Å². The highest BCUT2D eigenvalue weighted by Gasteiger charge is 2.73. The van der Waals surface area contributed by atoms with E-state index in [1.807, 2.05) is 20.8 Å². The summed E-state index contributed by atoms with van der Waals surface area (Å²) in [4.78, 5) is 39.4. The number of hydrogen-bond acceptors (Lipinski definition) is 4. The minimum absolute atomic E-state index is 0.0444. The van der Waals surface area contributed by atoms with Crippen molar-refractivity contribution in [3.05, 3.63) is 11.3 Å². The molecule has 4 nitrogen and oxygen atoms in total. The van der Waals surface area contributed by atoms with E-state index < -0.39 is 33.7 Å². The van der Waals surface area contributed by atoms with Crippen LogP contribution in [0.2, 0.25) is 0 Å². The van der Waals surface area contributed by atoms with Crippen molar-refractivity contribution in [3.8, 4) is 0 Å². The van der Waals surface area contributed by atoms with E-state index in [1.54, 1.807) is 20.8 Å². The van der Waals surface area contributed by atoms with Gasteiger partial charge in [-0.3, -0.25) is 14.4 Å². The molecule has 3 atom stereocenters. The summed E-state index contributed by atoms with van der Waals surface area (Å²) in [6, 6.07) is 0. The van der Waals surface area contributed by atoms with E-state index in [2.05, 4.69) is 0 Å². The first-order valence-corrected chi connectivity index (χ1v) is 7.91. The molecule has 2 rings (SSSR count). The van der Waals surface area contributed by atoms with Crippen molar-refractivity contribution in [1.29, 1.82) is 0 Å². The highest BCUT2D eigenvalue weighted by Crippen LogP contribution is 2.63. The van der Waals surface area contributed by atoms with Crippen LogP contribution in [-0.2, 0) is 14.4 Å². The van der Waals surface area contributed by atoms with E-state index in [0.29, 0.717) is 6.42 Å². The number of ketones is 3. The molecule has 0 radical (unpaired) electrons. The monoisotopic (exact) mass is 306 g/mol. The van der Waals surface area contributed by atoms with E-state index in [1.165, 1.54) is 6.92 Å². The molecule has 0 aromatic carbocycles. The van der Waals surface area contributed by atoms with Gasteiger partial charge in [0.1, 0.15) is 5.76 Å². The summed E-state index contributed by atoms with van der Waals surface area (Å²) in [7, 11) is 0. The van der Waals surface area contributed by atoms with Crippen molar-refractivity contribution >= 4 is 17.3 Å². The predicted molar refractivity (Wildman–Crippen MR) is 83.3 cm³/mol. The molecule has 0 saturated heterocycles. The summed E-state index contributed by atoms with van der Waals surface area (Å²) < 4.78 is 0. The molecule has 1 N–H and O–H groups in total. The summed E-state index contributed by atoms with van der Waals surface area (Å²) in [5.74, 6) is -1.88. The second-order valence-corrected chi connectivity index (χ2v) is 8.06. The maximum atomic E-state index is 13.3. The molecule has 22 heavy (non-hydrogen) atoms. The quantitative estimate of drug-likeness (QED) is 0.795. The van der Waals surface area contributed by atoms with Gasteiger partial charge >= 0.3 is 0 Å². The normalized spacial score (nSPS) is 37.7. The molecule has 0 aliphatic heterocycles. The van der Waals surface area contributed by atoms with Gasteiger partial charge in [0.2, 0.25) is 0 Å². The summed E-state index contributed by atoms with van der Waals surface area (Å²) in [5.41, 5.74) is -3.43. The van der Waals surface area contributed by atoms with Crippen LogP contribution in [0.1, 0.15) is 54.9 Å². The Bertz CT molecular complexity index is 611. The molecule has 0 amide bonds. The number of carbonyl (C=O) groups is 3. The van der Waals surface area contributed by atoms with Crippen molar-refractivity contribution in [2.24, 2.45) is 28.1 Å². The Balaban J connectivity index is 2.93. The zero-order valence-electron chi connectivity index (χ0n) is 14.5. The standard InChI is InChI=1S/C18H26O4/c1-9(2)12(19)18-14(21)11(4)13(20)17(7,15(18)22)8-10(3)16(18,5)6/h9-10,20H,8H2,1-7H3. The Hall–Kier alpha value is -1.45. The lowest BCUT2D eigenvalue weighted by Crippen LogP contribution is -2.69. The number of Topliss-reactive ketones (excluding diaryl/α,β-unsaturated/α-hetero) is 3. The second-order valence-electron chi connectivity index (χ2n) is 8.06. The van der Waals surface area contributed by atoms with E-state index in [9.17, 15) is 19.5 Å². The van der Waals surface area contributed by atoms with Gasteiger partial charge in [-0.1, -0.05) is 34.6 Å². The number of fused-ring (bicyclic) bond motifs is 2. The average molecular weight is 306 g/mol. The largest absolute Gasteiger partial charge is 0.511 e. The lowest BCUT2D eigenvalue weighted by Gasteiger charge is -2.58. The SMILES string of the molecule is CC1=C(O)C2(C)CC(C)C(C)(C)C(C(=O)C(C)C)(C1=O)C2=O. The summed E-state index contributed by atoms with van der Waals surface area (Å²) in [6.45, 7) is 12.3. The Kier molecular flexibility index (Phi) is 3.48. The van der Waals surface area contributed by atoms with Crippen LogP contribution in [0, 0.1) is 28.1 Å². The van der Waals surface area contributed by atoms with Crippen LogP contribution in [0.5, 0.6) is 0 Å². The molecule has 0 aromatic heterocycles. The van der Waals surface area contributed by atoms with Gasteiger partial charge in [-0.25, -0.2) is 0 Å². The van der Waals surface area contributed by atoms with E-state index in [0.717, 1.165) is 0 Å². The Morgan fingerprint density at radius 1 is 1.23 bits per heavy atom. The highest BCUT2D eigenvalue weighted by atomic mass is 16.3. The Morgan fingerprint density at radius 2 is 1.73 bits per heavy atom. The molecule has 122 valence electrons. The van der Waals surface area contributed by atoms with Gasteiger partial charge < -0.3 is 5.11 Å². The van der Waals surface area contributed by atoms with Gasteiger partial charge in [-0.2, -0.15) is 0 Å². The van der Waals surface area contributed by atoms with Crippen LogP contribution in [0.3, 0.4) is 0 Å². The molecule has 0 aromatic rings. The van der Waals surface area contributed by atoms with Gasteiger partial charge in [0, 0.05) is 11.5 Å². The number of hydrogen-bond donors (Lipinski definition) is 1. The maximum Gasteiger partial charge on any atom is 0.183 e. The molecule has 3 unspecified atom stereocenters. The van der Waals surface area contributed by atoms with Gasteiger partial charge in [0.05, 0.1) is 5.41 Å². The fourth-order valence-corrected chi connectivity index (χ4v) is 4.41. The number of allylic oxidation sites excluding steroid dienone is 2. The summed E-state index contributed by atoms with van der Waals surface area (Å²) in [5, 5.41) is 10.4. The van der Waals surface area contributed by atoms with Crippen molar-refractivity contribution in [2.75, 3.05) is 0 Å². The third-order valence-corrected chi connectivity index (χ3v) is 6.21. The first-order chi connectivity index (χ1) is 9.86. The molecule has 4 heteroatoms. The second kappa shape index (κ2) is 4.53. The van der Waals surface area contributed by atoms with Gasteiger partial charge in [0.25, 0.3) is 0 Å². The zero-order chi connectivity index (χ0) is 17.2. The highest BCUT2D eigenvalue weighted by molar-refractivity contribution is 6.33. The zero-order valence-corrected chi connectivity index (χ0v) is 14.5. The Morgan fingerprint density at radius 3 is 2.18 bits per heavy atom. The van der Waals surface area contributed by atoms with Gasteiger partial charge in [-0.05, 0) is 31.6 Å². The van der Waals surface area contributed by atoms with Gasteiger partial charge in [0.15, 0.2) is 22.8 Å². The molecule has 2 bridgehead atoms. The van der Waals surface area contributed by atoms with Crippen LogP contribution < -0.4 is 0 Å². The molecule has 2 aliphatic rings. The molecule has 0 heterocycles. The predicted octanol–water partition coefficient (Wildman–Crippen LogP) is 3.25. The van der Waals surface area contributed by atoms with Crippen LogP contribution in [0.25, 0.3) is 0 Å². The molecule has 0 spiro atoms. The van der Waals surface area contributed by atoms with Crippen LogP contribution in [0.15, 0.2) is 11.3 Å². The smallest absolute Gasteiger partial charge is 0.183 e. The minimum Gasteiger partial charge on any atom is -0.511 e. The average Bonchev–Trinajstić information content (AvgIpc) is 2.42. The molecule has 2 aliphatic carbocycles. The summed E-state index contributed by atoms with van der Waals surface area (Å²) >= 11 is 0. The van der Waals surface area contributed by atoms with Crippen molar-refractivity contribution in [2.45, 2.75) is 54.9 Å². The fourth-order valence-electron chi connectivity index (χ4n) is 4.41. The third-order valence-electron chi connectivity index (χ3n) is 6.21. The van der Waals surface area contributed by atoms with E-state index in [4.69, 9.17) is 0 Å². The van der Waals surface area contributed by atoms with Crippen molar-refractivity contribution in [1.82, 2.24) is 0 Å². The maximum absolute atomic E-state index is 13.3.